The van der Waals surface area contributed by atoms with Crippen molar-refractivity contribution in [1.29, 1.82) is 0 Å². The number of hydrogen-bond donors (Lipinski definition) is 1. The van der Waals surface area contributed by atoms with Crippen LogP contribution in [0.4, 0.5) is 13.9 Å². The Bertz CT molecular complexity index is 1370. The number of nitrogens with one attached hydrogen (secondary N) is 1. The lowest BCUT2D eigenvalue weighted by atomic mass is 9.98. The molecule has 0 bridgehead atoms. The van der Waals surface area contributed by atoms with Gasteiger partial charge in [-0.25, -0.2) is 27.2 Å². The molecule has 2 heterocycles. The van der Waals surface area contributed by atoms with Crippen LogP contribution in [0.3, 0.4) is 0 Å². The van der Waals surface area contributed by atoms with Crippen molar-refractivity contribution in [3.05, 3.63) is 48.0 Å². The first-order chi connectivity index (χ1) is 17.1. The topological polar surface area (TPSA) is 107 Å². The maximum Gasteiger partial charge on any atom is 0.257 e. The number of allylic oxidation sites excluding steroid dienone is 1. The molecule has 1 fully saturated rings. The molecular formula is C24H25F2N3O5S2. The van der Waals surface area contributed by atoms with Gasteiger partial charge in [0.2, 0.25) is 5.88 Å². The highest BCUT2D eigenvalue weighted by Gasteiger charge is 2.34. The van der Waals surface area contributed by atoms with E-state index in [1.54, 1.807) is 25.3 Å². The molecule has 1 amide bonds. The number of thiazole rings is 1. The molecule has 1 aromatic carbocycles. The zero-order valence-electron chi connectivity index (χ0n) is 19.6. The molecule has 0 radical (unpaired) electrons. The second kappa shape index (κ2) is 11.0. The SMILES string of the molecule is COCCOc1ccc2nc(NC(=O)/C(=C/C3C[C@@H](F)[C@@H](F)C3)c3ccc(S(C)(=O)=O)cc3)sc2n1. The largest absolute Gasteiger partial charge is 0.475 e. The van der Waals surface area contributed by atoms with Crippen LogP contribution in [0, 0.1) is 5.92 Å². The number of halogens is 2. The zero-order chi connectivity index (χ0) is 25.9. The number of carbonyl (C=O) groups is 1. The Balaban J connectivity index is 1.59. The Morgan fingerprint density at radius 3 is 2.44 bits per heavy atom. The average molecular weight is 538 g/mol. The number of ether oxygens (including phenoxy) is 2. The van der Waals surface area contributed by atoms with Gasteiger partial charge in [-0.15, -0.1) is 0 Å². The van der Waals surface area contributed by atoms with Gasteiger partial charge < -0.3 is 9.47 Å². The van der Waals surface area contributed by atoms with Gasteiger partial charge in [-0.3, -0.25) is 10.1 Å². The Labute approximate surface area is 211 Å². The van der Waals surface area contributed by atoms with E-state index in [1.807, 2.05) is 0 Å². The summed E-state index contributed by atoms with van der Waals surface area (Å²) < 4.78 is 61.7. The summed E-state index contributed by atoms with van der Waals surface area (Å²) >= 11 is 1.15. The molecule has 1 N–H and O–H groups in total. The van der Waals surface area contributed by atoms with E-state index in [0.717, 1.165) is 17.6 Å². The summed E-state index contributed by atoms with van der Waals surface area (Å²) in [6.45, 7) is 0.752. The van der Waals surface area contributed by atoms with Crippen LogP contribution in [0.15, 0.2) is 47.4 Å². The summed E-state index contributed by atoms with van der Waals surface area (Å²) in [5.74, 6) is -0.611. The highest BCUT2D eigenvalue weighted by Crippen LogP contribution is 2.34. The summed E-state index contributed by atoms with van der Waals surface area (Å²) in [4.78, 5) is 22.7. The molecule has 0 saturated heterocycles. The van der Waals surface area contributed by atoms with Crippen molar-refractivity contribution >= 4 is 48.1 Å². The lowest BCUT2D eigenvalue weighted by Crippen LogP contribution is -2.14. The number of anilines is 1. The predicted molar refractivity (Wildman–Crippen MR) is 133 cm³/mol. The van der Waals surface area contributed by atoms with Gasteiger partial charge >= 0.3 is 0 Å². The van der Waals surface area contributed by atoms with Crippen molar-refractivity contribution in [3.63, 3.8) is 0 Å². The first-order valence-corrected chi connectivity index (χ1v) is 13.9. The summed E-state index contributed by atoms with van der Waals surface area (Å²) in [5.41, 5.74) is 1.16. The van der Waals surface area contributed by atoms with E-state index in [9.17, 15) is 22.0 Å². The molecule has 3 atom stereocenters. The number of rotatable bonds is 9. The van der Waals surface area contributed by atoms with E-state index in [2.05, 4.69) is 15.3 Å². The number of aromatic nitrogens is 2. The van der Waals surface area contributed by atoms with Gasteiger partial charge in [-0.2, -0.15) is 0 Å². The van der Waals surface area contributed by atoms with E-state index < -0.39 is 34.0 Å². The number of hydrogen-bond acceptors (Lipinski definition) is 8. The molecule has 12 heteroatoms. The molecule has 2 aromatic heterocycles. The molecule has 0 aliphatic heterocycles. The number of fused-ring (bicyclic) bond motifs is 1. The number of pyridine rings is 1. The lowest BCUT2D eigenvalue weighted by molar-refractivity contribution is -0.111. The van der Waals surface area contributed by atoms with Crippen LogP contribution in [0.25, 0.3) is 15.9 Å². The molecule has 1 aliphatic rings. The molecule has 192 valence electrons. The van der Waals surface area contributed by atoms with Crippen LogP contribution < -0.4 is 10.1 Å². The van der Waals surface area contributed by atoms with Crippen molar-refractivity contribution in [2.45, 2.75) is 30.1 Å². The lowest BCUT2D eigenvalue weighted by Gasteiger charge is -2.11. The third-order valence-electron chi connectivity index (χ3n) is 5.68. The van der Waals surface area contributed by atoms with Gasteiger partial charge in [0.1, 0.15) is 29.3 Å². The fourth-order valence-electron chi connectivity index (χ4n) is 3.85. The first-order valence-electron chi connectivity index (χ1n) is 11.1. The third-order valence-corrected chi connectivity index (χ3v) is 7.69. The Morgan fingerprint density at radius 2 is 1.81 bits per heavy atom. The van der Waals surface area contributed by atoms with Crippen molar-refractivity contribution in [1.82, 2.24) is 9.97 Å². The highest BCUT2D eigenvalue weighted by atomic mass is 32.2. The van der Waals surface area contributed by atoms with Crippen LogP contribution in [0.1, 0.15) is 18.4 Å². The van der Waals surface area contributed by atoms with Crippen LogP contribution in [0.5, 0.6) is 5.88 Å². The summed E-state index contributed by atoms with van der Waals surface area (Å²) in [7, 11) is -1.86. The molecule has 1 unspecified atom stereocenters. The van der Waals surface area contributed by atoms with Gasteiger partial charge in [0.15, 0.2) is 15.0 Å². The number of alkyl halides is 2. The predicted octanol–water partition coefficient (Wildman–Crippen LogP) is 4.23. The number of nitrogens with zero attached hydrogens (tertiary/aromatic N) is 2. The minimum Gasteiger partial charge on any atom is -0.475 e. The van der Waals surface area contributed by atoms with Crippen molar-refractivity contribution in [2.75, 3.05) is 31.9 Å². The molecule has 36 heavy (non-hydrogen) atoms. The summed E-state index contributed by atoms with van der Waals surface area (Å²) in [5, 5.41) is 3.02. The first kappa shape index (κ1) is 26.1. The second-order valence-electron chi connectivity index (χ2n) is 8.43. The molecule has 1 saturated carbocycles. The third kappa shape index (κ3) is 6.23. The molecule has 1 aliphatic carbocycles. The van der Waals surface area contributed by atoms with Gasteiger partial charge in [0.25, 0.3) is 5.91 Å². The standard InChI is InChI=1S/C24H25F2N3O5S2/c1-33-9-10-34-21-8-7-20-23(28-21)35-24(27-20)29-22(30)17(11-14-12-18(25)19(26)13-14)15-3-5-16(6-4-15)36(2,31)32/h3-8,11,14,18-19H,9-10,12-13H2,1-2H3,(H,27,29,30)/b17-11+/t14?,18-,19+. The molecule has 8 nitrogen and oxygen atoms in total. The Hall–Kier alpha value is -2.96. The van der Waals surface area contributed by atoms with E-state index >= 15 is 0 Å². The van der Waals surface area contributed by atoms with Crippen molar-refractivity contribution in [3.8, 4) is 5.88 Å². The number of benzene rings is 1. The van der Waals surface area contributed by atoms with Gasteiger partial charge in [-0.1, -0.05) is 29.5 Å². The fourth-order valence-corrected chi connectivity index (χ4v) is 5.31. The molecular weight excluding hydrogens is 512 g/mol. The molecule has 4 rings (SSSR count). The van der Waals surface area contributed by atoms with Crippen LogP contribution >= 0.6 is 11.3 Å². The number of sulfone groups is 1. The normalized spacial score (nSPS) is 20.6. The maximum atomic E-state index is 13.8. The van der Waals surface area contributed by atoms with E-state index in [-0.39, 0.29) is 28.4 Å². The molecule has 0 spiro atoms. The smallest absolute Gasteiger partial charge is 0.257 e. The van der Waals surface area contributed by atoms with Crippen LogP contribution in [-0.2, 0) is 19.4 Å². The summed E-state index contributed by atoms with van der Waals surface area (Å²) in [6.07, 6.45) is -0.601. The van der Waals surface area contributed by atoms with Gasteiger partial charge in [-0.05, 0) is 42.5 Å². The Morgan fingerprint density at radius 1 is 1.11 bits per heavy atom. The van der Waals surface area contributed by atoms with Crippen molar-refractivity contribution in [2.24, 2.45) is 5.92 Å². The molecule has 3 aromatic rings. The van der Waals surface area contributed by atoms with E-state index in [4.69, 9.17) is 9.47 Å². The minimum atomic E-state index is -3.43. The number of methoxy groups -OCH3 is 1. The number of carbonyl (C=O) groups excluding carboxylic acids is 1. The highest BCUT2D eigenvalue weighted by molar-refractivity contribution is 7.90. The minimum absolute atomic E-state index is 0.0315. The van der Waals surface area contributed by atoms with Gasteiger partial charge in [0, 0.05) is 25.0 Å². The van der Waals surface area contributed by atoms with Gasteiger partial charge in [0.05, 0.1) is 11.5 Å². The number of amides is 1. The Kier molecular flexibility index (Phi) is 7.96. The van der Waals surface area contributed by atoms with E-state index in [0.29, 0.717) is 35.0 Å². The summed E-state index contributed by atoms with van der Waals surface area (Å²) in [6, 6.07) is 9.17. The zero-order valence-corrected chi connectivity index (χ0v) is 21.2. The quantitative estimate of drug-likeness (QED) is 0.322. The van der Waals surface area contributed by atoms with Crippen molar-refractivity contribution < 1.29 is 31.5 Å². The second-order valence-corrected chi connectivity index (χ2v) is 11.4. The fraction of sp³-hybridized carbons (Fsp3) is 0.375. The maximum absolute atomic E-state index is 13.8. The average Bonchev–Trinajstić information content (AvgIpc) is 3.38. The van der Waals surface area contributed by atoms with Crippen LogP contribution in [0.2, 0.25) is 0 Å². The van der Waals surface area contributed by atoms with E-state index in [1.165, 1.54) is 24.3 Å². The van der Waals surface area contributed by atoms with Crippen LogP contribution in [-0.4, -0.2) is 63.2 Å². The monoisotopic (exact) mass is 537 g/mol.